The van der Waals surface area contributed by atoms with E-state index in [4.69, 9.17) is 5.53 Å². The molecule has 0 unspecified atom stereocenters. The molecule has 1 fully saturated rings. The smallest absolute Gasteiger partial charge is 0.211 e. The molecular formula is C7H14N4O2S. The van der Waals surface area contributed by atoms with Gasteiger partial charge >= 0.3 is 0 Å². The van der Waals surface area contributed by atoms with Crippen molar-refractivity contribution in [1.29, 1.82) is 0 Å². The summed E-state index contributed by atoms with van der Waals surface area (Å²) >= 11 is 0. The molecule has 7 heteroatoms. The van der Waals surface area contributed by atoms with Gasteiger partial charge in [0.15, 0.2) is 0 Å². The van der Waals surface area contributed by atoms with Crippen LogP contribution < -0.4 is 0 Å². The van der Waals surface area contributed by atoms with Crippen LogP contribution in [0.2, 0.25) is 0 Å². The predicted octanol–water partition coefficient (Wildman–Crippen LogP) is 1.11. The molecule has 0 aromatic heterocycles. The maximum Gasteiger partial charge on any atom is 0.211 e. The van der Waals surface area contributed by atoms with Gasteiger partial charge in [-0.25, -0.2) is 12.7 Å². The second kappa shape index (κ2) is 4.16. The van der Waals surface area contributed by atoms with E-state index in [1.54, 1.807) is 0 Å². The van der Waals surface area contributed by atoms with Crippen molar-refractivity contribution in [1.82, 2.24) is 4.31 Å². The lowest BCUT2D eigenvalue weighted by atomic mass is 10.2. The molecule has 0 aliphatic heterocycles. The average molecular weight is 218 g/mol. The first-order valence-electron chi connectivity index (χ1n) is 4.44. The molecule has 0 N–H and O–H groups in total. The molecule has 6 nitrogen and oxygen atoms in total. The van der Waals surface area contributed by atoms with E-state index in [1.165, 1.54) is 17.6 Å². The Balaban J connectivity index is 2.82. The lowest BCUT2D eigenvalue weighted by molar-refractivity contribution is 0.348. The standard InChI is InChI=1S/C7H14N4O2S/c1-11(14(2,12)13)7-5-3-4-6(7)9-10-8/h6-7H,3-5H2,1-2H3/t6-,7-/m1/s1. The molecule has 0 amide bonds. The minimum absolute atomic E-state index is 0.166. The Kier molecular flexibility index (Phi) is 3.36. The van der Waals surface area contributed by atoms with Gasteiger partial charge in [0.25, 0.3) is 0 Å². The van der Waals surface area contributed by atoms with Gasteiger partial charge in [0.05, 0.1) is 12.3 Å². The number of hydrogen-bond donors (Lipinski definition) is 0. The molecule has 1 saturated carbocycles. The van der Waals surface area contributed by atoms with Crippen LogP contribution in [0.4, 0.5) is 0 Å². The van der Waals surface area contributed by atoms with Gasteiger partial charge < -0.3 is 0 Å². The van der Waals surface area contributed by atoms with Crippen LogP contribution >= 0.6 is 0 Å². The molecule has 80 valence electrons. The van der Waals surface area contributed by atoms with Crippen LogP contribution in [-0.2, 0) is 10.0 Å². The molecule has 0 aromatic rings. The third kappa shape index (κ3) is 2.37. The number of likely N-dealkylation sites (N-methyl/N-ethyl adjacent to an activating group) is 1. The summed E-state index contributed by atoms with van der Waals surface area (Å²) in [6, 6.07) is -0.374. The predicted molar refractivity (Wildman–Crippen MR) is 53.2 cm³/mol. The minimum atomic E-state index is -3.19. The van der Waals surface area contributed by atoms with Crippen molar-refractivity contribution < 1.29 is 8.42 Å². The Hall–Kier alpha value is -0.780. The molecule has 0 heterocycles. The molecule has 0 aromatic carbocycles. The molecule has 0 spiro atoms. The van der Waals surface area contributed by atoms with Crippen molar-refractivity contribution in [3.8, 4) is 0 Å². The van der Waals surface area contributed by atoms with Crippen LogP contribution in [0, 0.1) is 0 Å². The van der Waals surface area contributed by atoms with Crippen molar-refractivity contribution in [3.05, 3.63) is 10.4 Å². The number of azide groups is 1. The summed E-state index contributed by atoms with van der Waals surface area (Å²) < 4.78 is 23.8. The van der Waals surface area contributed by atoms with E-state index in [9.17, 15) is 8.42 Å². The fraction of sp³-hybridized carbons (Fsp3) is 1.00. The number of hydrogen-bond acceptors (Lipinski definition) is 3. The van der Waals surface area contributed by atoms with Gasteiger partial charge in [-0.05, 0) is 18.4 Å². The maximum absolute atomic E-state index is 11.3. The first-order valence-corrected chi connectivity index (χ1v) is 6.29. The molecule has 0 saturated heterocycles. The van der Waals surface area contributed by atoms with E-state index in [1.807, 2.05) is 0 Å². The first kappa shape index (κ1) is 11.3. The van der Waals surface area contributed by atoms with Crippen LogP contribution in [0.5, 0.6) is 0 Å². The van der Waals surface area contributed by atoms with Crippen LogP contribution in [0.15, 0.2) is 5.11 Å². The van der Waals surface area contributed by atoms with Crippen LogP contribution in [0.25, 0.3) is 10.4 Å². The second-order valence-corrected chi connectivity index (χ2v) is 5.59. The van der Waals surface area contributed by atoms with Gasteiger partial charge in [0, 0.05) is 18.0 Å². The lowest BCUT2D eigenvalue weighted by Gasteiger charge is -2.24. The molecule has 14 heavy (non-hydrogen) atoms. The summed E-state index contributed by atoms with van der Waals surface area (Å²) in [4.78, 5) is 2.74. The largest absolute Gasteiger partial charge is 0.213 e. The fourth-order valence-electron chi connectivity index (χ4n) is 1.79. The second-order valence-electron chi connectivity index (χ2n) is 3.55. The summed E-state index contributed by atoms with van der Waals surface area (Å²) in [7, 11) is -1.65. The van der Waals surface area contributed by atoms with E-state index in [0.717, 1.165) is 19.3 Å². The third-order valence-electron chi connectivity index (χ3n) is 2.63. The topological polar surface area (TPSA) is 86.1 Å². The summed E-state index contributed by atoms with van der Waals surface area (Å²) in [5.74, 6) is 0. The molecular weight excluding hydrogens is 204 g/mol. The quantitative estimate of drug-likeness (QED) is 0.403. The van der Waals surface area contributed by atoms with Crippen molar-refractivity contribution in [2.75, 3.05) is 13.3 Å². The highest BCUT2D eigenvalue weighted by molar-refractivity contribution is 7.88. The van der Waals surface area contributed by atoms with Crippen LogP contribution in [-0.4, -0.2) is 38.1 Å². The number of nitrogens with zero attached hydrogens (tertiary/aromatic N) is 4. The van der Waals surface area contributed by atoms with E-state index in [-0.39, 0.29) is 12.1 Å². The summed E-state index contributed by atoms with van der Waals surface area (Å²) in [5.41, 5.74) is 8.32. The zero-order valence-corrected chi connectivity index (χ0v) is 9.11. The van der Waals surface area contributed by atoms with Crippen LogP contribution in [0.3, 0.4) is 0 Å². The average Bonchev–Trinajstić information content (AvgIpc) is 2.50. The zero-order chi connectivity index (χ0) is 10.8. The Labute approximate surface area is 83.6 Å². The van der Waals surface area contributed by atoms with Gasteiger partial charge in [0.1, 0.15) is 0 Å². The summed E-state index contributed by atoms with van der Waals surface area (Å²) in [6.45, 7) is 0. The monoisotopic (exact) mass is 218 g/mol. The van der Waals surface area contributed by atoms with Gasteiger partial charge in [-0.2, -0.15) is 0 Å². The van der Waals surface area contributed by atoms with Gasteiger partial charge in [-0.15, -0.1) is 0 Å². The Morgan fingerprint density at radius 3 is 2.64 bits per heavy atom. The van der Waals surface area contributed by atoms with E-state index >= 15 is 0 Å². The Bertz CT molecular complexity index is 347. The van der Waals surface area contributed by atoms with E-state index < -0.39 is 10.0 Å². The number of rotatable bonds is 3. The highest BCUT2D eigenvalue weighted by atomic mass is 32.2. The normalized spacial score (nSPS) is 27.6. The van der Waals surface area contributed by atoms with Gasteiger partial charge in [0.2, 0.25) is 10.0 Å². The summed E-state index contributed by atoms with van der Waals surface area (Å²) in [6.07, 6.45) is 3.62. The SMILES string of the molecule is CN([C@@H]1CCC[C@H]1N=[N+]=[N-])S(C)(=O)=O. The molecule has 2 atom stereocenters. The van der Waals surface area contributed by atoms with Crippen LogP contribution in [0.1, 0.15) is 19.3 Å². The first-order chi connectivity index (χ1) is 6.46. The highest BCUT2D eigenvalue weighted by Crippen LogP contribution is 2.27. The van der Waals surface area contributed by atoms with Crippen molar-refractivity contribution >= 4 is 10.0 Å². The fourth-order valence-corrected chi connectivity index (χ4v) is 2.53. The molecule has 1 rings (SSSR count). The zero-order valence-electron chi connectivity index (χ0n) is 8.29. The molecule has 0 bridgehead atoms. The van der Waals surface area contributed by atoms with Crippen molar-refractivity contribution in [3.63, 3.8) is 0 Å². The summed E-state index contributed by atoms with van der Waals surface area (Å²) in [5, 5.41) is 3.61. The van der Waals surface area contributed by atoms with Crippen molar-refractivity contribution in [2.45, 2.75) is 31.3 Å². The lowest BCUT2D eigenvalue weighted by Crippen LogP contribution is -2.40. The van der Waals surface area contributed by atoms with E-state index in [0.29, 0.717) is 0 Å². The molecule has 0 radical (unpaired) electrons. The Morgan fingerprint density at radius 2 is 2.14 bits per heavy atom. The highest BCUT2D eigenvalue weighted by Gasteiger charge is 2.33. The molecule has 1 aliphatic rings. The number of sulfonamides is 1. The minimum Gasteiger partial charge on any atom is -0.213 e. The molecule has 1 aliphatic carbocycles. The van der Waals surface area contributed by atoms with Gasteiger partial charge in [-0.1, -0.05) is 11.5 Å². The Morgan fingerprint density at radius 1 is 1.50 bits per heavy atom. The maximum atomic E-state index is 11.3. The third-order valence-corrected chi connectivity index (χ3v) is 3.95. The van der Waals surface area contributed by atoms with Crippen molar-refractivity contribution in [2.24, 2.45) is 5.11 Å². The van der Waals surface area contributed by atoms with E-state index in [2.05, 4.69) is 10.0 Å². The van der Waals surface area contributed by atoms with Gasteiger partial charge in [-0.3, -0.25) is 0 Å².